The molecule has 2 atom stereocenters. The maximum Gasteiger partial charge on any atom is 0.171 e. The van der Waals surface area contributed by atoms with Gasteiger partial charge in [0.25, 0.3) is 0 Å². The minimum atomic E-state index is -0.554. The summed E-state index contributed by atoms with van der Waals surface area (Å²) in [5.74, 6) is -0.955. The smallest absolute Gasteiger partial charge is 0.171 e. The van der Waals surface area contributed by atoms with Crippen LogP contribution in [0.15, 0.2) is 18.5 Å². The van der Waals surface area contributed by atoms with Crippen LogP contribution in [0.4, 0.5) is 4.39 Å². The molecule has 0 amide bonds. The summed E-state index contributed by atoms with van der Waals surface area (Å²) in [5.41, 5.74) is 0.118. The van der Waals surface area contributed by atoms with Gasteiger partial charge in [-0.25, -0.2) is 4.39 Å². The molecule has 0 saturated carbocycles. The highest BCUT2D eigenvalue weighted by Crippen LogP contribution is 2.25. The van der Waals surface area contributed by atoms with Crippen LogP contribution in [-0.2, 0) is 4.74 Å². The summed E-state index contributed by atoms with van der Waals surface area (Å²) >= 11 is 0. The number of hydrogen-bond acceptors (Lipinski definition) is 3. The van der Waals surface area contributed by atoms with Gasteiger partial charge in [0, 0.05) is 12.8 Å². The molecule has 0 N–H and O–H groups in total. The summed E-state index contributed by atoms with van der Waals surface area (Å²) < 4.78 is 18.6. The Balaban J connectivity index is 2.24. The van der Waals surface area contributed by atoms with Gasteiger partial charge in [0.15, 0.2) is 11.6 Å². The van der Waals surface area contributed by atoms with Crippen molar-refractivity contribution in [3.8, 4) is 0 Å². The van der Waals surface area contributed by atoms with Crippen LogP contribution in [0.3, 0.4) is 0 Å². The molecule has 1 aromatic heterocycles. The first-order chi connectivity index (χ1) is 7.20. The van der Waals surface area contributed by atoms with Gasteiger partial charge in [-0.3, -0.25) is 9.78 Å². The number of rotatable bonds is 2. The Morgan fingerprint density at radius 1 is 1.67 bits per heavy atom. The first-order valence-electron chi connectivity index (χ1n) is 4.95. The van der Waals surface area contributed by atoms with Gasteiger partial charge in [-0.2, -0.15) is 0 Å². The van der Waals surface area contributed by atoms with Gasteiger partial charge < -0.3 is 4.74 Å². The molecule has 2 unspecified atom stereocenters. The first-order valence-corrected chi connectivity index (χ1v) is 4.95. The molecule has 0 bridgehead atoms. The van der Waals surface area contributed by atoms with Gasteiger partial charge in [-0.05, 0) is 19.4 Å². The van der Waals surface area contributed by atoms with E-state index in [9.17, 15) is 9.18 Å². The van der Waals surface area contributed by atoms with E-state index < -0.39 is 5.82 Å². The summed E-state index contributed by atoms with van der Waals surface area (Å²) in [4.78, 5) is 15.5. The molecule has 2 rings (SSSR count). The van der Waals surface area contributed by atoms with Gasteiger partial charge in [0.05, 0.1) is 23.8 Å². The van der Waals surface area contributed by atoms with Gasteiger partial charge in [0.1, 0.15) is 0 Å². The van der Waals surface area contributed by atoms with E-state index in [-0.39, 0.29) is 23.4 Å². The lowest BCUT2D eigenvalue weighted by Gasteiger charge is -2.12. The lowest BCUT2D eigenvalue weighted by atomic mass is 9.93. The largest absolute Gasteiger partial charge is 0.378 e. The van der Waals surface area contributed by atoms with E-state index in [2.05, 4.69) is 4.98 Å². The minimum Gasteiger partial charge on any atom is -0.378 e. The molecule has 0 aromatic carbocycles. The van der Waals surface area contributed by atoms with Crippen molar-refractivity contribution in [2.45, 2.75) is 19.4 Å². The van der Waals surface area contributed by atoms with Crippen LogP contribution in [0.2, 0.25) is 0 Å². The molecule has 0 spiro atoms. The van der Waals surface area contributed by atoms with Gasteiger partial charge in [-0.15, -0.1) is 0 Å². The van der Waals surface area contributed by atoms with E-state index in [1.54, 1.807) is 0 Å². The maximum absolute atomic E-state index is 13.3. The lowest BCUT2D eigenvalue weighted by molar-refractivity contribution is 0.0760. The number of halogens is 1. The molecule has 1 aliphatic heterocycles. The molecule has 1 aromatic rings. The topological polar surface area (TPSA) is 39.2 Å². The summed E-state index contributed by atoms with van der Waals surface area (Å²) in [7, 11) is 0. The minimum absolute atomic E-state index is 0.118. The molecule has 0 radical (unpaired) electrons. The Bertz CT molecular complexity index is 381. The predicted molar refractivity (Wildman–Crippen MR) is 52.0 cm³/mol. The third-order valence-electron chi connectivity index (χ3n) is 2.75. The van der Waals surface area contributed by atoms with Crippen molar-refractivity contribution in [2.75, 3.05) is 6.61 Å². The maximum atomic E-state index is 13.3. The van der Waals surface area contributed by atoms with Crippen LogP contribution in [0.25, 0.3) is 0 Å². The number of hydrogen-bond donors (Lipinski definition) is 0. The Kier molecular flexibility index (Phi) is 2.77. The Morgan fingerprint density at radius 3 is 3.07 bits per heavy atom. The second-order valence-electron chi connectivity index (χ2n) is 3.69. The third-order valence-corrected chi connectivity index (χ3v) is 2.75. The first kappa shape index (κ1) is 10.2. The number of nitrogens with zero attached hydrogens (tertiary/aromatic N) is 1. The molecule has 1 saturated heterocycles. The summed E-state index contributed by atoms with van der Waals surface area (Å²) in [6.07, 6.45) is 3.04. The number of aromatic nitrogens is 1. The molecule has 80 valence electrons. The number of carbonyl (C=O) groups is 1. The van der Waals surface area contributed by atoms with Crippen molar-refractivity contribution in [1.82, 2.24) is 4.98 Å². The fourth-order valence-corrected chi connectivity index (χ4v) is 1.85. The van der Waals surface area contributed by atoms with E-state index in [0.29, 0.717) is 13.0 Å². The number of pyridine rings is 1. The zero-order valence-corrected chi connectivity index (χ0v) is 8.44. The summed E-state index contributed by atoms with van der Waals surface area (Å²) in [6.45, 7) is 2.42. The van der Waals surface area contributed by atoms with Gasteiger partial charge in [0.2, 0.25) is 0 Å². The SMILES string of the molecule is CC1OCCC1C(=O)c1ccncc1F. The van der Waals surface area contributed by atoms with Crippen LogP contribution < -0.4 is 0 Å². The van der Waals surface area contributed by atoms with Crippen molar-refractivity contribution < 1.29 is 13.9 Å². The number of Topliss-reactive ketones (excluding diaryl/α,β-unsaturated/α-hetero) is 1. The fraction of sp³-hybridized carbons (Fsp3) is 0.455. The average Bonchev–Trinajstić information content (AvgIpc) is 2.64. The average molecular weight is 209 g/mol. The predicted octanol–water partition coefficient (Wildman–Crippen LogP) is 1.83. The van der Waals surface area contributed by atoms with Crippen molar-refractivity contribution in [1.29, 1.82) is 0 Å². The van der Waals surface area contributed by atoms with E-state index in [0.717, 1.165) is 6.20 Å². The molecular formula is C11H12FNO2. The highest BCUT2D eigenvalue weighted by atomic mass is 19.1. The Morgan fingerprint density at radius 2 is 2.47 bits per heavy atom. The number of carbonyl (C=O) groups excluding carboxylic acids is 1. The monoisotopic (exact) mass is 209 g/mol. The summed E-state index contributed by atoms with van der Waals surface area (Å²) in [5, 5.41) is 0. The Labute approximate surface area is 87.3 Å². The Hall–Kier alpha value is -1.29. The van der Waals surface area contributed by atoms with Gasteiger partial charge in [-0.1, -0.05) is 0 Å². The normalized spacial score (nSPS) is 25.5. The van der Waals surface area contributed by atoms with Crippen LogP contribution in [0, 0.1) is 11.7 Å². The van der Waals surface area contributed by atoms with Crippen LogP contribution >= 0.6 is 0 Å². The highest BCUT2D eigenvalue weighted by Gasteiger charge is 2.32. The molecular weight excluding hydrogens is 197 g/mol. The van der Waals surface area contributed by atoms with E-state index in [1.807, 2.05) is 6.92 Å². The van der Waals surface area contributed by atoms with Crippen LogP contribution in [-0.4, -0.2) is 23.5 Å². The van der Waals surface area contributed by atoms with Crippen LogP contribution in [0.1, 0.15) is 23.7 Å². The number of ketones is 1. The lowest BCUT2D eigenvalue weighted by Crippen LogP contribution is -2.22. The molecule has 1 fully saturated rings. The zero-order valence-electron chi connectivity index (χ0n) is 8.44. The van der Waals surface area contributed by atoms with E-state index in [1.165, 1.54) is 12.3 Å². The molecule has 2 heterocycles. The molecule has 3 nitrogen and oxygen atoms in total. The molecule has 15 heavy (non-hydrogen) atoms. The molecule has 1 aliphatic rings. The van der Waals surface area contributed by atoms with Crippen molar-refractivity contribution in [2.24, 2.45) is 5.92 Å². The highest BCUT2D eigenvalue weighted by molar-refractivity contribution is 5.98. The third kappa shape index (κ3) is 1.90. The van der Waals surface area contributed by atoms with Crippen molar-refractivity contribution in [3.05, 3.63) is 29.8 Å². The molecule has 4 heteroatoms. The quantitative estimate of drug-likeness (QED) is 0.697. The molecule has 0 aliphatic carbocycles. The zero-order chi connectivity index (χ0) is 10.8. The van der Waals surface area contributed by atoms with E-state index >= 15 is 0 Å². The van der Waals surface area contributed by atoms with Crippen molar-refractivity contribution >= 4 is 5.78 Å². The van der Waals surface area contributed by atoms with Crippen molar-refractivity contribution in [3.63, 3.8) is 0 Å². The fourth-order valence-electron chi connectivity index (χ4n) is 1.85. The van der Waals surface area contributed by atoms with Crippen LogP contribution in [0.5, 0.6) is 0 Å². The summed E-state index contributed by atoms with van der Waals surface area (Å²) in [6, 6.07) is 1.42. The second kappa shape index (κ2) is 4.06. The standard InChI is InChI=1S/C11H12FNO2/c1-7-8(3-5-15-7)11(14)9-2-4-13-6-10(9)12/h2,4,6-8H,3,5H2,1H3. The van der Waals surface area contributed by atoms with E-state index in [4.69, 9.17) is 4.74 Å². The second-order valence-corrected chi connectivity index (χ2v) is 3.69. The van der Waals surface area contributed by atoms with Gasteiger partial charge >= 0.3 is 0 Å². The number of ether oxygens (including phenoxy) is 1.